The average Bonchev–Trinajstić information content (AvgIpc) is 3.78. The van der Waals surface area contributed by atoms with Crippen LogP contribution in [0.5, 0.6) is 0 Å². The molecule has 12 rings (SSSR count). The first-order valence-electron chi connectivity index (χ1n) is 22.6. The highest BCUT2D eigenvalue weighted by atomic mass is 16.3. The van der Waals surface area contributed by atoms with E-state index < -0.39 is 0 Å². The van der Waals surface area contributed by atoms with Crippen LogP contribution in [0.25, 0.3) is 99.5 Å². The maximum Gasteiger partial charge on any atom is 0.136 e. The fourth-order valence-electron chi connectivity index (χ4n) is 9.43. The average molecular weight is 842 g/mol. The number of hydrogen-bond donors (Lipinski definition) is 0. The van der Waals surface area contributed by atoms with Crippen molar-refractivity contribution in [2.45, 2.75) is 0 Å². The molecule has 2 heteroatoms. The van der Waals surface area contributed by atoms with Crippen LogP contribution in [-0.4, -0.2) is 0 Å². The summed E-state index contributed by atoms with van der Waals surface area (Å²) in [7, 11) is 0. The van der Waals surface area contributed by atoms with Crippen LogP contribution in [0.2, 0.25) is 0 Å². The Morgan fingerprint density at radius 1 is 0.242 bits per heavy atom. The Hall–Kier alpha value is -8.72. The van der Waals surface area contributed by atoms with Crippen LogP contribution in [0.15, 0.2) is 265 Å². The van der Waals surface area contributed by atoms with Gasteiger partial charge >= 0.3 is 0 Å². The molecule has 11 aromatic carbocycles. The molecule has 0 aliphatic carbocycles. The van der Waals surface area contributed by atoms with Gasteiger partial charge in [0.1, 0.15) is 11.2 Å². The normalized spacial score (nSPS) is 11.3. The lowest BCUT2D eigenvalue weighted by atomic mass is 9.96. The number of rotatable bonds is 9. The molecule has 0 atom stereocenters. The quantitative estimate of drug-likeness (QED) is 0.144. The van der Waals surface area contributed by atoms with E-state index in [9.17, 15) is 0 Å². The van der Waals surface area contributed by atoms with E-state index in [1.54, 1.807) is 0 Å². The highest BCUT2D eigenvalue weighted by Gasteiger charge is 2.18. The zero-order chi connectivity index (χ0) is 43.8. The molecule has 1 heterocycles. The van der Waals surface area contributed by atoms with Gasteiger partial charge in [-0.15, -0.1) is 0 Å². The van der Waals surface area contributed by atoms with Gasteiger partial charge in [0.2, 0.25) is 0 Å². The van der Waals surface area contributed by atoms with Crippen molar-refractivity contribution >= 4 is 49.8 Å². The van der Waals surface area contributed by atoms with E-state index in [2.05, 4.69) is 254 Å². The Morgan fingerprint density at radius 3 is 1.38 bits per heavy atom. The summed E-state index contributed by atoms with van der Waals surface area (Å²) in [4.78, 5) is 2.38. The molecular formula is C64H43NO. The van der Waals surface area contributed by atoms with Crippen molar-refractivity contribution in [2.75, 3.05) is 4.90 Å². The molecule has 0 aliphatic heterocycles. The lowest BCUT2D eigenvalue weighted by Crippen LogP contribution is -2.11. The van der Waals surface area contributed by atoms with E-state index in [-0.39, 0.29) is 0 Å². The molecule has 0 saturated carbocycles. The maximum absolute atomic E-state index is 6.27. The smallest absolute Gasteiger partial charge is 0.136 e. The molecule has 2 nitrogen and oxygen atoms in total. The molecule has 0 aliphatic rings. The van der Waals surface area contributed by atoms with Crippen LogP contribution in [0, 0.1) is 0 Å². The van der Waals surface area contributed by atoms with Crippen molar-refractivity contribution in [3.05, 3.63) is 261 Å². The van der Waals surface area contributed by atoms with Crippen molar-refractivity contribution in [1.29, 1.82) is 0 Å². The van der Waals surface area contributed by atoms with E-state index in [1.807, 2.05) is 12.1 Å². The fourth-order valence-corrected chi connectivity index (χ4v) is 9.43. The van der Waals surface area contributed by atoms with Gasteiger partial charge < -0.3 is 9.32 Å². The molecule has 0 bridgehead atoms. The third-order valence-electron chi connectivity index (χ3n) is 12.9. The number of anilines is 3. The van der Waals surface area contributed by atoms with Gasteiger partial charge in [0.05, 0.1) is 5.69 Å². The maximum atomic E-state index is 6.27. The molecule has 0 spiro atoms. The first-order chi connectivity index (χ1) is 32.7. The Bertz CT molecular complexity index is 3660. The number of hydrogen-bond acceptors (Lipinski definition) is 2. The molecule has 0 fully saturated rings. The molecule has 310 valence electrons. The fraction of sp³-hybridized carbons (Fsp3) is 0. The topological polar surface area (TPSA) is 16.4 Å². The summed E-state index contributed by atoms with van der Waals surface area (Å²) in [5.74, 6) is 0. The van der Waals surface area contributed by atoms with E-state index in [4.69, 9.17) is 4.42 Å². The van der Waals surface area contributed by atoms with E-state index in [0.717, 1.165) is 66.8 Å². The summed E-state index contributed by atoms with van der Waals surface area (Å²) in [5.41, 5.74) is 19.2. The zero-order valence-electron chi connectivity index (χ0n) is 36.2. The van der Waals surface area contributed by atoms with E-state index in [1.165, 1.54) is 49.7 Å². The Kier molecular flexibility index (Phi) is 9.89. The van der Waals surface area contributed by atoms with Gasteiger partial charge in [0.15, 0.2) is 0 Å². The second-order valence-corrected chi connectivity index (χ2v) is 16.9. The zero-order valence-corrected chi connectivity index (χ0v) is 36.2. The van der Waals surface area contributed by atoms with Crippen LogP contribution < -0.4 is 4.90 Å². The van der Waals surface area contributed by atoms with Gasteiger partial charge in [0, 0.05) is 27.7 Å². The minimum Gasteiger partial charge on any atom is -0.456 e. The highest BCUT2D eigenvalue weighted by molar-refractivity contribution is 6.06. The van der Waals surface area contributed by atoms with Gasteiger partial charge in [-0.05, 0) is 133 Å². The van der Waals surface area contributed by atoms with Gasteiger partial charge in [-0.2, -0.15) is 0 Å². The molecule has 0 N–H and O–H groups in total. The number of benzene rings is 11. The van der Waals surface area contributed by atoms with Crippen LogP contribution in [-0.2, 0) is 0 Å². The monoisotopic (exact) mass is 841 g/mol. The lowest BCUT2D eigenvalue weighted by molar-refractivity contribution is 0.669. The van der Waals surface area contributed by atoms with Gasteiger partial charge in [-0.1, -0.05) is 200 Å². The molecule has 1 aromatic heterocycles. The first-order valence-corrected chi connectivity index (χ1v) is 22.6. The van der Waals surface area contributed by atoms with Crippen LogP contribution in [0.3, 0.4) is 0 Å². The van der Waals surface area contributed by atoms with Gasteiger partial charge in [0.25, 0.3) is 0 Å². The minimum atomic E-state index is 0.896. The molecule has 0 amide bonds. The summed E-state index contributed by atoms with van der Waals surface area (Å²) in [5, 5.41) is 4.78. The molecule has 0 radical (unpaired) electrons. The third-order valence-corrected chi connectivity index (χ3v) is 12.9. The Labute approximate surface area is 384 Å². The van der Waals surface area contributed by atoms with Gasteiger partial charge in [-0.3, -0.25) is 0 Å². The van der Waals surface area contributed by atoms with Crippen molar-refractivity contribution in [3.63, 3.8) is 0 Å². The highest BCUT2D eigenvalue weighted by Crippen LogP contribution is 2.43. The van der Waals surface area contributed by atoms with Crippen molar-refractivity contribution in [1.82, 2.24) is 0 Å². The molecule has 0 saturated heterocycles. The first kappa shape index (κ1) is 38.9. The van der Waals surface area contributed by atoms with Crippen molar-refractivity contribution in [3.8, 4) is 66.8 Å². The van der Waals surface area contributed by atoms with Crippen molar-refractivity contribution < 1.29 is 4.42 Å². The summed E-state index contributed by atoms with van der Waals surface area (Å²) in [6, 6.07) is 93.9. The Morgan fingerprint density at radius 2 is 0.682 bits per heavy atom. The summed E-state index contributed by atoms with van der Waals surface area (Å²) in [6.07, 6.45) is 0. The second-order valence-electron chi connectivity index (χ2n) is 16.9. The largest absolute Gasteiger partial charge is 0.456 e. The summed E-state index contributed by atoms with van der Waals surface area (Å²) in [6.45, 7) is 0. The van der Waals surface area contributed by atoms with Gasteiger partial charge in [-0.25, -0.2) is 0 Å². The molecule has 12 aromatic rings. The predicted octanol–water partition coefficient (Wildman–Crippen LogP) is 18.2. The number of fused-ring (bicyclic) bond motifs is 4. The van der Waals surface area contributed by atoms with Crippen LogP contribution in [0.4, 0.5) is 17.1 Å². The van der Waals surface area contributed by atoms with E-state index >= 15 is 0 Å². The molecular weight excluding hydrogens is 799 g/mol. The predicted molar refractivity (Wildman–Crippen MR) is 279 cm³/mol. The summed E-state index contributed by atoms with van der Waals surface area (Å²) >= 11 is 0. The summed E-state index contributed by atoms with van der Waals surface area (Å²) < 4.78 is 6.27. The number of para-hydroxylation sites is 2. The number of nitrogens with zero attached hydrogens (tertiary/aromatic N) is 1. The standard InChI is InChI=1S/C64H43NO/c1-2-11-44(12-3-1)46-25-28-51(29-26-46)59-17-6-8-19-62(59)65(58-38-33-50(34-39-58)56-35-40-61-60-18-7-9-20-63(60)66-64(61)43-56)57-36-31-48(32-37-57)47-21-23-49(24-22-47)53-15-10-16-54(41-53)55-30-27-45-13-4-5-14-52(45)42-55/h1-43H. The third kappa shape index (κ3) is 7.41. The Balaban J connectivity index is 0.875. The minimum absolute atomic E-state index is 0.896. The van der Waals surface area contributed by atoms with Crippen LogP contribution >= 0.6 is 0 Å². The van der Waals surface area contributed by atoms with E-state index in [0.29, 0.717) is 0 Å². The lowest BCUT2D eigenvalue weighted by Gasteiger charge is -2.28. The van der Waals surface area contributed by atoms with Crippen molar-refractivity contribution in [2.24, 2.45) is 0 Å². The number of furan rings is 1. The second kappa shape index (κ2) is 16.8. The SMILES string of the molecule is c1ccc(-c2ccc(-c3ccccc3N(c3ccc(-c4ccc(-c5cccc(-c6ccc7ccccc7c6)c5)cc4)cc3)c3ccc(-c4ccc5c(c4)oc4ccccc45)cc3)cc2)cc1. The molecule has 0 unspecified atom stereocenters. The molecule has 66 heavy (non-hydrogen) atoms. The van der Waals surface area contributed by atoms with Crippen LogP contribution in [0.1, 0.15) is 0 Å².